The Morgan fingerprint density at radius 3 is 2.67 bits per heavy atom. The Balaban J connectivity index is 2.14. The Hall–Kier alpha value is -1.29. The van der Waals surface area contributed by atoms with Gasteiger partial charge in [0.15, 0.2) is 4.34 Å². The summed E-state index contributed by atoms with van der Waals surface area (Å²) in [5, 5.41) is 27.8. The zero-order chi connectivity index (χ0) is 15.4. The van der Waals surface area contributed by atoms with Crippen molar-refractivity contribution in [2.45, 2.75) is 10.1 Å². The van der Waals surface area contributed by atoms with Crippen LogP contribution in [0.3, 0.4) is 0 Å². The first-order valence-corrected chi connectivity index (χ1v) is 7.98. The fourth-order valence-electron chi connectivity index (χ4n) is 1.67. The van der Waals surface area contributed by atoms with Crippen LogP contribution in [0.25, 0.3) is 0 Å². The van der Waals surface area contributed by atoms with Crippen molar-refractivity contribution in [2.75, 3.05) is 26.1 Å². The van der Waals surface area contributed by atoms with Crippen LogP contribution < -0.4 is 15.1 Å². The molecule has 0 spiro atoms. The number of anilines is 1. The Morgan fingerprint density at radius 1 is 1.33 bits per heavy atom. The molecule has 0 unspecified atom stereocenters. The Kier molecular flexibility index (Phi) is 5.46. The fraction of sp³-hybridized carbons (Fsp3) is 0.333. The molecule has 0 saturated carbocycles. The van der Waals surface area contributed by atoms with E-state index in [0.29, 0.717) is 17.0 Å². The van der Waals surface area contributed by atoms with Gasteiger partial charge in [0.1, 0.15) is 5.75 Å². The summed E-state index contributed by atoms with van der Waals surface area (Å²) in [6.07, 6.45) is 0. The number of hydrogen-bond acceptors (Lipinski definition) is 8. The highest BCUT2D eigenvalue weighted by Gasteiger charge is 2.17. The number of benzene rings is 1. The van der Waals surface area contributed by atoms with E-state index in [4.69, 9.17) is 4.74 Å². The summed E-state index contributed by atoms with van der Waals surface area (Å²) in [5.41, 5.74) is 1.27. The number of methoxy groups -OCH3 is 1. The van der Waals surface area contributed by atoms with Crippen LogP contribution in [0.5, 0.6) is 5.75 Å². The molecule has 0 aliphatic carbocycles. The van der Waals surface area contributed by atoms with Gasteiger partial charge in [-0.1, -0.05) is 29.2 Å². The Labute approximate surface area is 131 Å². The van der Waals surface area contributed by atoms with Gasteiger partial charge in [-0.05, 0) is 23.2 Å². The van der Waals surface area contributed by atoms with Crippen molar-refractivity contribution in [3.63, 3.8) is 0 Å². The van der Waals surface area contributed by atoms with E-state index >= 15 is 0 Å². The van der Waals surface area contributed by atoms with Gasteiger partial charge in [-0.15, -0.1) is 10.2 Å². The van der Waals surface area contributed by atoms with E-state index < -0.39 is 7.12 Å². The molecular weight excluding hydrogens is 309 g/mol. The summed E-state index contributed by atoms with van der Waals surface area (Å²) < 4.78 is 6.01. The number of thioether (sulfide) groups is 1. The number of aromatic nitrogens is 2. The van der Waals surface area contributed by atoms with Crippen molar-refractivity contribution in [1.29, 1.82) is 0 Å². The molecule has 2 rings (SSSR count). The molecule has 0 fully saturated rings. The van der Waals surface area contributed by atoms with Crippen molar-refractivity contribution in [3.8, 4) is 5.75 Å². The van der Waals surface area contributed by atoms with Gasteiger partial charge in [0.05, 0.1) is 7.11 Å². The van der Waals surface area contributed by atoms with Crippen LogP contribution in [-0.2, 0) is 5.75 Å². The van der Waals surface area contributed by atoms with E-state index in [2.05, 4.69) is 10.2 Å². The molecule has 0 bridgehead atoms. The second kappa shape index (κ2) is 7.12. The lowest BCUT2D eigenvalue weighted by Crippen LogP contribution is -2.32. The third kappa shape index (κ3) is 4.10. The van der Waals surface area contributed by atoms with E-state index in [1.165, 1.54) is 23.1 Å². The first kappa shape index (κ1) is 16.1. The molecule has 0 radical (unpaired) electrons. The summed E-state index contributed by atoms with van der Waals surface area (Å²) in [7, 11) is 3.91. The molecule has 1 heterocycles. The number of ether oxygens (including phenoxy) is 1. The molecule has 112 valence electrons. The topological polar surface area (TPSA) is 78.7 Å². The van der Waals surface area contributed by atoms with Crippen molar-refractivity contribution < 1.29 is 14.8 Å². The third-order valence-electron chi connectivity index (χ3n) is 2.76. The molecular formula is C12H16BN3O3S2. The predicted octanol–water partition coefficient (Wildman–Crippen LogP) is 0.585. The van der Waals surface area contributed by atoms with Crippen LogP contribution in [0, 0.1) is 0 Å². The maximum absolute atomic E-state index is 9.42. The minimum Gasteiger partial charge on any atom is -0.497 e. The van der Waals surface area contributed by atoms with E-state index in [1.54, 1.807) is 25.3 Å². The fourth-order valence-corrected chi connectivity index (χ4v) is 3.43. The van der Waals surface area contributed by atoms with Crippen LogP contribution >= 0.6 is 23.1 Å². The minimum absolute atomic E-state index is 0.473. The van der Waals surface area contributed by atoms with E-state index in [-0.39, 0.29) is 0 Å². The zero-order valence-electron chi connectivity index (χ0n) is 12.0. The van der Waals surface area contributed by atoms with E-state index in [9.17, 15) is 10.0 Å². The van der Waals surface area contributed by atoms with Gasteiger partial charge in [-0.25, -0.2) is 0 Å². The second-order valence-corrected chi connectivity index (χ2v) is 6.65. The van der Waals surface area contributed by atoms with E-state index in [1.807, 2.05) is 19.0 Å². The first-order valence-electron chi connectivity index (χ1n) is 6.18. The lowest BCUT2D eigenvalue weighted by molar-refractivity contribution is 0.413. The lowest BCUT2D eigenvalue weighted by Gasteiger charge is -2.10. The molecule has 0 amide bonds. The number of hydrogen-bond donors (Lipinski definition) is 2. The highest BCUT2D eigenvalue weighted by molar-refractivity contribution is 8.00. The Morgan fingerprint density at radius 2 is 2.10 bits per heavy atom. The van der Waals surface area contributed by atoms with Crippen LogP contribution in [-0.4, -0.2) is 48.6 Å². The predicted molar refractivity (Wildman–Crippen MR) is 86.6 cm³/mol. The summed E-state index contributed by atoms with van der Waals surface area (Å²) in [6, 6.07) is 5.17. The number of rotatable bonds is 6. The zero-order valence-corrected chi connectivity index (χ0v) is 13.6. The molecule has 0 saturated heterocycles. The quantitative estimate of drug-likeness (QED) is 0.594. The molecule has 1 aromatic heterocycles. The van der Waals surface area contributed by atoms with Crippen molar-refractivity contribution in [3.05, 3.63) is 23.8 Å². The lowest BCUT2D eigenvalue weighted by atomic mass is 9.77. The second-order valence-electron chi connectivity index (χ2n) is 4.47. The highest BCUT2D eigenvalue weighted by atomic mass is 32.2. The van der Waals surface area contributed by atoms with Crippen LogP contribution in [0.1, 0.15) is 5.56 Å². The minimum atomic E-state index is -1.50. The number of nitrogens with zero attached hydrogens (tertiary/aromatic N) is 3. The summed E-state index contributed by atoms with van der Waals surface area (Å²) in [6.45, 7) is 0. The SMILES string of the molecule is COc1ccc(B(O)O)c(CSc2nnc(N(C)C)s2)c1. The molecule has 1 aromatic carbocycles. The van der Waals surface area contributed by atoms with Gasteiger partial charge in [0.2, 0.25) is 5.13 Å². The molecule has 0 aliphatic rings. The highest BCUT2D eigenvalue weighted by Crippen LogP contribution is 2.29. The van der Waals surface area contributed by atoms with Crippen molar-refractivity contribution in [1.82, 2.24) is 10.2 Å². The maximum Gasteiger partial charge on any atom is 0.488 e. The van der Waals surface area contributed by atoms with Crippen LogP contribution in [0.2, 0.25) is 0 Å². The molecule has 21 heavy (non-hydrogen) atoms. The van der Waals surface area contributed by atoms with E-state index in [0.717, 1.165) is 15.0 Å². The Bertz CT molecular complexity index is 607. The molecule has 2 N–H and O–H groups in total. The standard InChI is InChI=1S/C12H16BN3O3S2/c1-16(2)11-14-15-12(21-11)20-7-8-6-9(19-3)4-5-10(8)13(17)18/h4-6,17-18H,7H2,1-3H3. The van der Waals surface area contributed by atoms with Gasteiger partial charge in [-0.3, -0.25) is 0 Å². The third-order valence-corrected chi connectivity index (χ3v) is 5.03. The van der Waals surface area contributed by atoms with Gasteiger partial charge in [0.25, 0.3) is 0 Å². The largest absolute Gasteiger partial charge is 0.497 e. The first-order chi connectivity index (χ1) is 10.0. The maximum atomic E-state index is 9.42. The average Bonchev–Trinajstić information content (AvgIpc) is 2.93. The van der Waals surface area contributed by atoms with Gasteiger partial charge in [0, 0.05) is 19.8 Å². The van der Waals surface area contributed by atoms with Crippen LogP contribution in [0.4, 0.5) is 5.13 Å². The van der Waals surface area contributed by atoms with Gasteiger partial charge < -0.3 is 19.7 Å². The van der Waals surface area contributed by atoms with Crippen molar-refractivity contribution >= 4 is 40.8 Å². The monoisotopic (exact) mass is 325 g/mol. The molecule has 9 heteroatoms. The summed E-state index contributed by atoms with van der Waals surface area (Å²) in [4.78, 5) is 1.90. The summed E-state index contributed by atoms with van der Waals surface area (Å²) in [5.74, 6) is 1.24. The molecule has 0 aliphatic heterocycles. The average molecular weight is 325 g/mol. The molecule has 0 atom stereocenters. The molecule has 6 nitrogen and oxygen atoms in total. The summed E-state index contributed by atoms with van der Waals surface area (Å²) >= 11 is 3.00. The molecule has 2 aromatic rings. The van der Waals surface area contributed by atoms with Gasteiger partial charge in [-0.2, -0.15) is 0 Å². The van der Waals surface area contributed by atoms with Gasteiger partial charge >= 0.3 is 7.12 Å². The van der Waals surface area contributed by atoms with Crippen molar-refractivity contribution in [2.24, 2.45) is 0 Å². The smallest absolute Gasteiger partial charge is 0.488 e. The van der Waals surface area contributed by atoms with Crippen LogP contribution in [0.15, 0.2) is 22.5 Å². The normalized spacial score (nSPS) is 10.5.